The van der Waals surface area contributed by atoms with Crippen LogP contribution in [0.2, 0.25) is 0 Å². The molecule has 2 rings (SSSR count). The molecule has 1 aromatic carbocycles. The van der Waals surface area contributed by atoms with E-state index in [1.54, 1.807) is 52.0 Å². The van der Waals surface area contributed by atoms with E-state index in [0.717, 1.165) is 18.4 Å². The molecule has 7 nitrogen and oxygen atoms in total. The standard InChI is InChI=1S/C24H35FN2O5/c1-6-7-14-31-22(29)18-10-8-17(9-11-18)16(2)20(26-23(30)32-24(3,4)5)21(28)27-13-12-19(25)15-27/h8-11,16,19-20H,6-7,12-15H2,1-5H3,(H,26,30). The fraction of sp³-hybridized carbons (Fsp3) is 0.625. The SMILES string of the molecule is CCCCOC(=O)c1ccc(C(C)C(NC(=O)OC(C)(C)C)C(=O)N2CCC(F)C2)cc1. The first-order valence-corrected chi connectivity index (χ1v) is 11.2. The Morgan fingerprint density at radius 2 is 1.88 bits per heavy atom. The van der Waals surface area contributed by atoms with Gasteiger partial charge in [0.2, 0.25) is 5.91 Å². The number of carbonyl (C=O) groups is 3. The van der Waals surface area contributed by atoms with Crippen LogP contribution in [0.15, 0.2) is 24.3 Å². The van der Waals surface area contributed by atoms with Crippen molar-refractivity contribution in [3.05, 3.63) is 35.4 Å². The van der Waals surface area contributed by atoms with Crippen LogP contribution in [-0.2, 0) is 14.3 Å². The van der Waals surface area contributed by atoms with Crippen LogP contribution in [0.5, 0.6) is 0 Å². The Hall–Kier alpha value is -2.64. The topological polar surface area (TPSA) is 84.9 Å². The number of benzene rings is 1. The highest BCUT2D eigenvalue weighted by Crippen LogP contribution is 2.24. The van der Waals surface area contributed by atoms with Crippen LogP contribution in [0.1, 0.15) is 75.7 Å². The maximum absolute atomic E-state index is 13.7. The average Bonchev–Trinajstić information content (AvgIpc) is 3.16. The van der Waals surface area contributed by atoms with E-state index in [-0.39, 0.29) is 18.9 Å². The molecule has 178 valence electrons. The van der Waals surface area contributed by atoms with Gasteiger partial charge in [-0.1, -0.05) is 32.4 Å². The lowest BCUT2D eigenvalue weighted by atomic mass is 9.91. The van der Waals surface area contributed by atoms with Crippen LogP contribution in [0, 0.1) is 0 Å². The minimum Gasteiger partial charge on any atom is -0.462 e. The summed E-state index contributed by atoms with van der Waals surface area (Å²) in [6, 6.07) is 5.82. The number of nitrogens with zero attached hydrogens (tertiary/aromatic N) is 1. The Bertz CT molecular complexity index is 791. The number of ether oxygens (including phenoxy) is 2. The molecule has 1 aliphatic rings. The highest BCUT2D eigenvalue weighted by Gasteiger charge is 2.36. The van der Waals surface area contributed by atoms with Crippen molar-refractivity contribution in [2.75, 3.05) is 19.7 Å². The number of hydrogen-bond donors (Lipinski definition) is 1. The highest BCUT2D eigenvalue weighted by atomic mass is 19.1. The molecule has 0 aromatic heterocycles. The van der Waals surface area contributed by atoms with Gasteiger partial charge in [-0.15, -0.1) is 0 Å². The fourth-order valence-electron chi connectivity index (χ4n) is 3.46. The van der Waals surface area contributed by atoms with E-state index < -0.39 is 35.8 Å². The Morgan fingerprint density at radius 1 is 1.22 bits per heavy atom. The molecular formula is C24H35FN2O5. The summed E-state index contributed by atoms with van der Waals surface area (Å²) in [5.74, 6) is -1.19. The summed E-state index contributed by atoms with van der Waals surface area (Å²) in [4.78, 5) is 39.1. The summed E-state index contributed by atoms with van der Waals surface area (Å²) in [5, 5.41) is 2.67. The lowest BCUT2D eigenvalue weighted by Gasteiger charge is -2.30. The second kappa shape index (κ2) is 11.3. The minimum absolute atomic E-state index is 0.0145. The molecule has 1 fully saturated rings. The van der Waals surface area contributed by atoms with E-state index >= 15 is 0 Å². The predicted molar refractivity (Wildman–Crippen MR) is 119 cm³/mol. The first kappa shape index (κ1) is 25.6. The van der Waals surface area contributed by atoms with Crippen LogP contribution in [0.3, 0.4) is 0 Å². The zero-order chi connectivity index (χ0) is 23.9. The number of rotatable bonds is 8. The maximum Gasteiger partial charge on any atom is 0.408 e. The van der Waals surface area contributed by atoms with Gasteiger partial charge in [0.05, 0.1) is 18.7 Å². The van der Waals surface area contributed by atoms with E-state index in [1.165, 1.54) is 4.90 Å². The molecule has 1 aromatic rings. The summed E-state index contributed by atoms with van der Waals surface area (Å²) < 4.78 is 24.2. The minimum atomic E-state index is -1.06. The molecule has 0 saturated carbocycles. The number of nitrogens with one attached hydrogen (secondary N) is 1. The molecule has 1 saturated heterocycles. The second-order valence-corrected chi connectivity index (χ2v) is 9.19. The molecule has 0 bridgehead atoms. The molecule has 0 radical (unpaired) electrons. The van der Waals surface area contributed by atoms with Gasteiger partial charge < -0.3 is 19.7 Å². The van der Waals surface area contributed by atoms with Crippen molar-refractivity contribution in [3.63, 3.8) is 0 Å². The number of carbonyl (C=O) groups excluding carboxylic acids is 3. The third kappa shape index (κ3) is 7.50. The zero-order valence-corrected chi connectivity index (χ0v) is 19.7. The van der Waals surface area contributed by atoms with Gasteiger partial charge in [0.25, 0.3) is 0 Å². The molecule has 1 aliphatic heterocycles. The van der Waals surface area contributed by atoms with Gasteiger partial charge in [0.1, 0.15) is 17.8 Å². The second-order valence-electron chi connectivity index (χ2n) is 9.19. The molecule has 1 N–H and O–H groups in total. The summed E-state index contributed by atoms with van der Waals surface area (Å²) in [7, 11) is 0. The van der Waals surface area contributed by atoms with E-state index in [1.807, 2.05) is 6.92 Å². The zero-order valence-electron chi connectivity index (χ0n) is 19.7. The van der Waals surface area contributed by atoms with Crippen LogP contribution in [0.4, 0.5) is 9.18 Å². The van der Waals surface area contributed by atoms with Crippen LogP contribution in [-0.4, -0.2) is 60.4 Å². The quantitative estimate of drug-likeness (QED) is 0.474. The van der Waals surface area contributed by atoms with Crippen LogP contribution in [0.25, 0.3) is 0 Å². The van der Waals surface area contributed by atoms with E-state index in [2.05, 4.69) is 5.32 Å². The van der Waals surface area contributed by atoms with Crippen molar-refractivity contribution >= 4 is 18.0 Å². The number of hydrogen-bond acceptors (Lipinski definition) is 5. The Balaban J connectivity index is 2.17. The van der Waals surface area contributed by atoms with Gasteiger partial charge in [-0.05, 0) is 51.3 Å². The number of unbranched alkanes of at least 4 members (excludes halogenated alkanes) is 1. The smallest absolute Gasteiger partial charge is 0.408 e. The van der Waals surface area contributed by atoms with Gasteiger partial charge >= 0.3 is 12.1 Å². The largest absolute Gasteiger partial charge is 0.462 e. The summed E-state index contributed by atoms with van der Waals surface area (Å²) in [5.41, 5.74) is 0.443. The molecule has 3 unspecified atom stereocenters. The van der Waals surface area contributed by atoms with Gasteiger partial charge in [-0.3, -0.25) is 4.79 Å². The monoisotopic (exact) mass is 450 g/mol. The lowest BCUT2D eigenvalue weighted by molar-refractivity contribution is -0.133. The average molecular weight is 451 g/mol. The lowest BCUT2D eigenvalue weighted by Crippen LogP contribution is -2.51. The molecular weight excluding hydrogens is 415 g/mol. The fourth-order valence-corrected chi connectivity index (χ4v) is 3.46. The van der Waals surface area contributed by atoms with E-state index in [9.17, 15) is 18.8 Å². The first-order valence-electron chi connectivity index (χ1n) is 11.2. The van der Waals surface area contributed by atoms with Gasteiger partial charge in [-0.25, -0.2) is 14.0 Å². The van der Waals surface area contributed by atoms with Crippen molar-refractivity contribution in [2.24, 2.45) is 0 Å². The Kier molecular flexibility index (Phi) is 9.04. The molecule has 32 heavy (non-hydrogen) atoms. The van der Waals surface area contributed by atoms with Crippen molar-refractivity contribution in [2.45, 2.75) is 77.6 Å². The van der Waals surface area contributed by atoms with Crippen LogP contribution >= 0.6 is 0 Å². The van der Waals surface area contributed by atoms with Crippen molar-refractivity contribution < 1.29 is 28.2 Å². The Morgan fingerprint density at radius 3 is 2.41 bits per heavy atom. The third-order valence-corrected chi connectivity index (χ3v) is 5.28. The summed E-state index contributed by atoms with van der Waals surface area (Å²) in [6.45, 7) is 9.72. The molecule has 8 heteroatoms. The predicted octanol–water partition coefficient (Wildman–Crippen LogP) is 4.21. The number of likely N-dealkylation sites (tertiary alicyclic amines) is 1. The van der Waals surface area contributed by atoms with Gasteiger partial charge in [0.15, 0.2) is 0 Å². The number of alkyl carbamates (subject to hydrolysis) is 1. The van der Waals surface area contributed by atoms with Crippen molar-refractivity contribution in [1.29, 1.82) is 0 Å². The van der Waals surface area contributed by atoms with E-state index in [4.69, 9.17) is 9.47 Å². The molecule has 0 spiro atoms. The number of halogens is 1. The van der Waals surface area contributed by atoms with Crippen LogP contribution < -0.4 is 5.32 Å². The molecule has 2 amide bonds. The Labute approximate surface area is 189 Å². The summed E-state index contributed by atoms with van der Waals surface area (Å²) >= 11 is 0. The van der Waals surface area contributed by atoms with Crippen molar-refractivity contribution in [1.82, 2.24) is 10.2 Å². The maximum atomic E-state index is 13.7. The number of amides is 2. The number of alkyl halides is 1. The highest BCUT2D eigenvalue weighted by molar-refractivity contribution is 5.89. The molecule has 1 heterocycles. The first-order chi connectivity index (χ1) is 15.0. The molecule has 3 atom stereocenters. The van der Waals surface area contributed by atoms with Gasteiger partial charge in [0, 0.05) is 12.5 Å². The van der Waals surface area contributed by atoms with Gasteiger partial charge in [-0.2, -0.15) is 0 Å². The van der Waals surface area contributed by atoms with E-state index in [0.29, 0.717) is 18.7 Å². The van der Waals surface area contributed by atoms with Crippen molar-refractivity contribution in [3.8, 4) is 0 Å². The summed E-state index contributed by atoms with van der Waals surface area (Å²) in [6.07, 6.45) is 0.249. The number of esters is 1. The molecule has 0 aliphatic carbocycles. The normalized spacial score (nSPS) is 18.1. The third-order valence-electron chi connectivity index (χ3n) is 5.28.